The number of nitrogens with one attached hydrogen (secondary N) is 1. The number of esters is 1. The van der Waals surface area contributed by atoms with Crippen molar-refractivity contribution in [3.63, 3.8) is 0 Å². The van der Waals surface area contributed by atoms with E-state index in [9.17, 15) is 19.1 Å². The third-order valence-corrected chi connectivity index (χ3v) is 10.1. The highest BCUT2D eigenvalue weighted by molar-refractivity contribution is 5.94. The second kappa shape index (κ2) is 7.67. The Kier molecular flexibility index (Phi) is 4.69. The molecule has 208 valence electrons. The minimum Gasteiger partial charge on any atom is -0.493 e. The molecule has 3 aromatic rings. The highest BCUT2D eigenvalue weighted by atomic mass is 19.1. The molecule has 40 heavy (non-hydrogen) atoms. The fourth-order valence-corrected chi connectivity index (χ4v) is 8.18. The number of hydrogen-bond acceptors (Lipinski definition) is 7. The van der Waals surface area contributed by atoms with Gasteiger partial charge in [0.15, 0.2) is 17.2 Å². The summed E-state index contributed by atoms with van der Waals surface area (Å²) >= 11 is 0. The van der Waals surface area contributed by atoms with Crippen LogP contribution in [-0.2, 0) is 34.7 Å². The number of fused-ring (bicyclic) bond motifs is 5. The number of pyridine rings is 2. The maximum absolute atomic E-state index is 15.2. The van der Waals surface area contributed by atoms with Crippen molar-refractivity contribution in [2.24, 2.45) is 5.41 Å². The van der Waals surface area contributed by atoms with Crippen LogP contribution >= 0.6 is 0 Å². The molecule has 3 saturated carbocycles. The smallest absolute Gasteiger partial charge is 0.343 e. The van der Waals surface area contributed by atoms with E-state index >= 15 is 4.39 Å². The summed E-state index contributed by atoms with van der Waals surface area (Å²) < 4.78 is 41.7. The fraction of sp³-hybridized carbons (Fsp3) is 0.500. The molecule has 9 rings (SSSR count). The molecule has 4 heterocycles. The van der Waals surface area contributed by atoms with Crippen molar-refractivity contribution in [1.29, 1.82) is 0 Å². The van der Waals surface area contributed by atoms with Gasteiger partial charge in [0.1, 0.15) is 12.3 Å². The van der Waals surface area contributed by atoms with Gasteiger partial charge in [0.2, 0.25) is 0 Å². The van der Waals surface area contributed by atoms with Crippen molar-refractivity contribution in [2.45, 2.75) is 75.9 Å². The van der Waals surface area contributed by atoms with Crippen molar-refractivity contribution in [1.82, 2.24) is 14.9 Å². The SMILES string of the molecule is CCC1(O)C(=O)OCc2c1cc1n(c2=O)Cc2c-1nc1cc(F)c(OC)c3c1c2[C@@H](NCC12CC(F)(C1)C2)CC3. The van der Waals surface area contributed by atoms with Gasteiger partial charge in [0, 0.05) is 40.7 Å². The zero-order valence-electron chi connectivity index (χ0n) is 22.3. The minimum absolute atomic E-state index is 0.000927. The van der Waals surface area contributed by atoms with E-state index in [2.05, 4.69) is 5.32 Å². The number of hydrogen-bond donors (Lipinski definition) is 2. The zero-order valence-corrected chi connectivity index (χ0v) is 22.3. The molecule has 1 unspecified atom stereocenters. The molecule has 2 N–H and O–H groups in total. The highest BCUT2D eigenvalue weighted by Gasteiger charge is 2.68. The van der Waals surface area contributed by atoms with Gasteiger partial charge in [-0.1, -0.05) is 6.92 Å². The molecular weight excluding hydrogens is 520 g/mol. The number of carbonyl (C=O) groups is 1. The molecule has 2 aliphatic heterocycles. The topological polar surface area (TPSA) is 103 Å². The first-order valence-corrected chi connectivity index (χ1v) is 13.9. The maximum Gasteiger partial charge on any atom is 0.343 e. The number of aliphatic hydroxyl groups is 1. The van der Waals surface area contributed by atoms with E-state index in [-0.39, 0.29) is 53.5 Å². The van der Waals surface area contributed by atoms with Gasteiger partial charge in [-0.05, 0) is 55.6 Å². The molecule has 0 saturated heterocycles. The molecule has 4 aliphatic carbocycles. The van der Waals surface area contributed by atoms with Gasteiger partial charge < -0.3 is 24.5 Å². The molecular formula is C30H29F2N3O5. The Balaban J connectivity index is 1.33. The van der Waals surface area contributed by atoms with Gasteiger partial charge in [0.05, 0.1) is 36.1 Å². The van der Waals surface area contributed by atoms with E-state index in [0.717, 1.165) is 22.1 Å². The van der Waals surface area contributed by atoms with Gasteiger partial charge in [0.25, 0.3) is 5.56 Å². The van der Waals surface area contributed by atoms with Crippen molar-refractivity contribution in [3.8, 4) is 17.1 Å². The summed E-state index contributed by atoms with van der Waals surface area (Å²) in [4.78, 5) is 31.2. The Bertz CT molecular complexity index is 1730. The van der Waals surface area contributed by atoms with E-state index < -0.39 is 23.1 Å². The standard InChI is InChI=1S/C30H29F2N3O5/c1-3-30(38)17-6-21-24-15(8-35(21)26(36)16(17)9-40-27(30)37)23-19(33-13-28-10-29(32,11-28)12-28)5-4-14-22(23)20(34-24)7-18(31)25(14)39-2/h6-7,19,33,38H,3-5,8-13H2,1-2H3/t19-,28?,29?,30?/m0/s1. The normalized spacial score (nSPS) is 30.6. The Morgan fingerprint density at radius 2 is 2.00 bits per heavy atom. The van der Waals surface area contributed by atoms with Crippen molar-refractivity contribution in [3.05, 3.63) is 56.1 Å². The number of methoxy groups -OCH3 is 1. The molecule has 10 heteroatoms. The highest BCUT2D eigenvalue weighted by Crippen LogP contribution is 2.69. The fourth-order valence-electron chi connectivity index (χ4n) is 8.18. The lowest BCUT2D eigenvalue weighted by Gasteiger charge is -2.66. The van der Waals surface area contributed by atoms with Crippen LogP contribution in [0, 0.1) is 11.2 Å². The van der Waals surface area contributed by atoms with Crippen LogP contribution in [0.25, 0.3) is 22.3 Å². The number of ether oxygens (including phenoxy) is 2. The number of halogens is 2. The lowest BCUT2D eigenvalue weighted by molar-refractivity contribution is -0.210. The quantitative estimate of drug-likeness (QED) is 0.366. The Labute approximate surface area is 228 Å². The van der Waals surface area contributed by atoms with Crippen LogP contribution in [0.5, 0.6) is 5.75 Å². The molecule has 1 aromatic carbocycles. The molecule has 0 amide bonds. The van der Waals surface area contributed by atoms with Gasteiger partial charge in [-0.3, -0.25) is 4.79 Å². The van der Waals surface area contributed by atoms with Gasteiger partial charge in [-0.15, -0.1) is 0 Å². The summed E-state index contributed by atoms with van der Waals surface area (Å²) in [5.41, 5.74) is 1.31. The lowest BCUT2D eigenvalue weighted by Crippen LogP contribution is -2.67. The summed E-state index contributed by atoms with van der Waals surface area (Å²) in [7, 11) is 1.46. The van der Waals surface area contributed by atoms with Crippen LogP contribution < -0.4 is 15.6 Å². The largest absolute Gasteiger partial charge is 0.493 e. The van der Waals surface area contributed by atoms with E-state index in [1.807, 2.05) is 0 Å². The van der Waals surface area contributed by atoms with Crippen molar-refractivity contribution < 1.29 is 28.2 Å². The summed E-state index contributed by atoms with van der Waals surface area (Å²) in [6.45, 7) is 2.40. The first-order chi connectivity index (χ1) is 19.1. The zero-order chi connectivity index (χ0) is 27.8. The molecule has 3 fully saturated rings. The van der Waals surface area contributed by atoms with Crippen LogP contribution in [-0.4, -0.2) is 40.0 Å². The number of carbonyl (C=O) groups excluding carboxylic acids is 1. The molecule has 2 aromatic heterocycles. The van der Waals surface area contributed by atoms with E-state index in [4.69, 9.17) is 14.5 Å². The third kappa shape index (κ3) is 2.93. The first kappa shape index (κ1) is 24.4. The van der Waals surface area contributed by atoms with Crippen LogP contribution in [0.15, 0.2) is 16.9 Å². The first-order valence-electron chi connectivity index (χ1n) is 13.9. The van der Waals surface area contributed by atoms with Crippen LogP contribution in [0.1, 0.15) is 72.9 Å². The Morgan fingerprint density at radius 3 is 2.70 bits per heavy atom. The van der Waals surface area contributed by atoms with Crippen LogP contribution in [0.3, 0.4) is 0 Å². The molecule has 8 nitrogen and oxygen atoms in total. The Morgan fingerprint density at radius 1 is 1.23 bits per heavy atom. The van der Waals surface area contributed by atoms with E-state index in [0.29, 0.717) is 55.6 Å². The van der Waals surface area contributed by atoms with Gasteiger partial charge >= 0.3 is 5.97 Å². The second-order valence-electron chi connectivity index (χ2n) is 12.4. The molecule has 2 atom stereocenters. The Hall–Kier alpha value is -3.37. The summed E-state index contributed by atoms with van der Waals surface area (Å²) in [6.07, 6.45) is 3.10. The van der Waals surface area contributed by atoms with Gasteiger partial charge in [-0.25, -0.2) is 18.6 Å². The number of alkyl halides is 1. The second-order valence-corrected chi connectivity index (χ2v) is 12.4. The van der Waals surface area contributed by atoms with Crippen LogP contribution in [0.4, 0.5) is 8.78 Å². The summed E-state index contributed by atoms with van der Waals surface area (Å²) in [5.74, 6) is -1.07. The predicted molar refractivity (Wildman–Crippen MR) is 140 cm³/mol. The number of nitrogens with zero attached hydrogens (tertiary/aromatic N) is 2. The molecule has 0 spiro atoms. The lowest BCUT2D eigenvalue weighted by atomic mass is 9.42. The maximum atomic E-state index is 15.2. The third-order valence-electron chi connectivity index (χ3n) is 10.1. The number of rotatable bonds is 5. The van der Waals surface area contributed by atoms with Crippen LogP contribution in [0.2, 0.25) is 0 Å². The number of cyclic esters (lactones) is 1. The van der Waals surface area contributed by atoms with Gasteiger partial charge in [-0.2, -0.15) is 0 Å². The minimum atomic E-state index is -1.93. The van der Waals surface area contributed by atoms with E-state index in [1.165, 1.54) is 13.2 Å². The molecule has 0 radical (unpaired) electrons. The number of aryl methyl sites for hydroxylation is 1. The number of benzene rings is 1. The molecule has 6 aliphatic rings. The van der Waals surface area contributed by atoms with Crippen molar-refractivity contribution >= 4 is 16.9 Å². The average Bonchev–Trinajstić information content (AvgIpc) is 3.27. The summed E-state index contributed by atoms with van der Waals surface area (Å²) in [6, 6.07) is 2.95. The summed E-state index contributed by atoms with van der Waals surface area (Å²) in [5, 5.41) is 15.7. The molecule has 2 bridgehead atoms. The predicted octanol–water partition coefficient (Wildman–Crippen LogP) is 3.70. The van der Waals surface area contributed by atoms with Crippen molar-refractivity contribution in [2.75, 3.05) is 13.7 Å². The monoisotopic (exact) mass is 549 g/mol. The van der Waals surface area contributed by atoms with E-state index in [1.54, 1.807) is 17.6 Å². The average molecular weight is 550 g/mol. The number of aromatic nitrogens is 2.